The fourth-order valence-electron chi connectivity index (χ4n) is 6.23. The predicted molar refractivity (Wildman–Crippen MR) is 173 cm³/mol. The average Bonchev–Trinajstić information content (AvgIpc) is 3.45. The van der Waals surface area contributed by atoms with Gasteiger partial charge in [-0.15, -0.1) is 0 Å². The van der Waals surface area contributed by atoms with Gasteiger partial charge in [-0.1, -0.05) is 123 Å². The molecule has 0 fully saturated rings. The van der Waals surface area contributed by atoms with E-state index < -0.39 is 0 Å². The number of fused-ring (bicyclic) bond motifs is 3. The quantitative estimate of drug-likeness (QED) is 0.216. The first-order valence-electron chi connectivity index (χ1n) is 14.5. The van der Waals surface area contributed by atoms with Crippen LogP contribution in [0.5, 0.6) is 0 Å². The second-order valence-electron chi connectivity index (χ2n) is 11.3. The molecule has 5 aromatic carbocycles. The summed E-state index contributed by atoms with van der Waals surface area (Å²) in [5, 5.41) is 0.991. The molecule has 0 radical (unpaired) electrons. The van der Waals surface area contributed by atoms with Crippen molar-refractivity contribution >= 4 is 28.0 Å². The number of benzene rings is 5. The largest absolute Gasteiger partial charge is 0.450 e. The van der Waals surface area contributed by atoms with Crippen molar-refractivity contribution < 1.29 is 4.42 Å². The Labute approximate surface area is 250 Å². The summed E-state index contributed by atoms with van der Waals surface area (Å²) >= 11 is 0. The van der Waals surface area contributed by atoms with Crippen LogP contribution in [0.2, 0.25) is 0 Å². The molecule has 5 nitrogen and oxygen atoms in total. The summed E-state index contributed by atoms with van der Waals surface area (Å²) in [6.45, 7) is 4.58. The highest BCUT2D eigenvalue weighted by molar-refractivity contribution is 6.05. The summed E-state index contributed by atoms with van der Waals surface area (Å²) in [5.41, 5.74) is 8.04. The molecule has 0 aliphatic carbocycles. The first kappa shape index (κ1) is 25.2. The van der Waals surface area contributed by atoms with Gasteiger partial charge in [-0.25, -0.2) is 15.0 Å². The van der Waals surface area contributed by atoms with E-state index in [9.17, 15) is 0 Å². The van der Waals surface area contributed by atoms with E-state index in [1.807, 2.05) is 72.8 Å². The first-order chi connectivity index (χ1) is 21.1. The van der Waals surface area contributed by atoms with E-state index in [2.05, 4.69) is 79.4 Å². The molecule has 1 aliphatic rings. The third kappa shape index (κ3) is 4.04. The summed E-state index contributed by atoms with van der Waals surface area (Å²) < 4.78 is 6.71. The zero-order valence-electron chi connectivity index (χ0n) is 23.9. The third-order valence-corrected chi connectivity index (χ3v) is 8.33. The van der Waals surface area contributed by atoms with Gasteiger partial charge < -0.3 is 9.32 Å². The second kappa shape index (κ2) is 9.78. The highest BCUT2D eigenvalue weighted by atomic mass is 16.3. The Kier molecular flexibility index (Phi) is 5.73. The first-order valence-corrected chi connectivity index (χ1v) is 14.5. The zero-order valence-corrected chi connectivity index (χ0v) is 23.9. The van der Waals surface area contributed by atoms with E-state index in [1.54, 1.807) is 0 Å². The van der Waals surface area contributed by atoms with Gasteiger partial charge in [0.05, 0.1) is 11.4 Å². The fourth-order valence-corrected chi connectivity index (χ4v) is 6.23. The summed E-state index contributed by atoms with van der Waals surface area (Å²) in [6.07, 6.45) is 0. The van der Waals surface area contributed by atoms with E-state index in [1.165, 1.54) is 11.1 Å². The molecule has 0 bridgehead atoms. The molecule has 0 spiro atoms. The molecule has 43 heavy (non-hydrogen) atoms. The van der Waals surface area contributed by atoms with Crippen LogP contribution in [-0.4, -0.2) is 15.0 Å². The molecule has 0 atom stereocenters. The molecular weight excluding hydrogens is 528 g/mol. The Morgan fingerprint density at radius 2 is 0.977 bits per heavy atom. The van der Waals surface area contributed by atoms with Gasteiger partial charge in [0.1, 0.15) is 11.3 Å². The van der Waals surface area contributed by atoms with Gasteiger partial charge in [0.15, 0.2) is 17.4 Å². The molecule has 5 heteroatoms. The number of furan rings is 1. The lowest BCUT2D eigenvalue weighted by Crippen LogP contribution is -2.30. The molecule has 206 valence electrons. The standard InChI is InChI=1S/C38H28N4O/c1-38(2)28-20-10-12-22-30(28)42(31-23-13-11-21-29(31)38)33-27-19-9-14-24-32(27)43-34(33)37-40-35(25-15-5-3-6-16-25)39-36(41-37)26-17-7-4-8-18-26/h3-24H,1-2H3. The summed E-state index contributed by atoms with van der Waals surface area (Å²) in [5.74, 6) is 2.27. The molecule has 2 aromatic heterocycles. The van der Waals surface area contributed by atoms with Gasteiger partial charge in [0, 0.05) is 21.9 Å². The predicted octanol–water partition coefficient (Wildman–Crippen LogP) is 9.73. The molecule has 8 rings (SSSR count). The number of hydrogen-bond donors (Lipinski definition) is 0. The highest BCUT2D eigenvalue weighted by Gasteiger charge is 2.39. The lowest BCUT2D eigenvalue weighted by Gasteiger charge is -2.41. The van der Waals surface area contributed by atoms with Crippen LogP contribution in [0.1, 0.15) is 25.0 Å². The van der Waals surface area contributed by atoms with Crippen LogP contribution in [-0.2, 0) is 5.41 Å². The normalized spacial score (nSPS) is 13.5. The van der Waals surface area contributed by atoms with Crippen LogP contribution in [0, 0.1) is 0 Å². The van der Waals surface area contributed by atoms with Crippen molar-refractivity contribution in [1.82, 2.24) is 15.0 Å². The Bertz CT molecular complexity index is 2010. The number of rotatable bonds is 4. The van der Waals surface area contributed by atoms with Gasteiger partial charge in [-0.3, -0.25) is 0 Å². The van der Waals surface area contributed by atoms with Crippen LogP contribution in [0.25, 0.3) is 45.3 Å². The number of hydrogen-bond acceptors (Lipinski definition) is 5. The minimum absolute atomic E-state index is 0.183. The van der Waals surface area contributed by atoms with Crippen LogP contribution in [0.3, 0.4) is 0 Å². The third-order valence-electron chi connectivity index (χ3n) is 8.33. The molecule has 0 amide bonds. The molecule has 3 heterocycles. The number of aromatic nitrogens is 3. The molecule has 0 N–H and O–H groups in total. The van der Waals surface area contributed by atoms with Crippen molar-refractivity contribution in [3.8, 4) is 34.4 Å². The zero-order chi connectivity index (χ0) is 29.0. The summed E-state index contributed by atoms with van der Waals surface area (Å²) in [7, 11) is 0. The van der Waals surface area contributed by atoms with Gasteiger partial charge in [-0.2, -0.15) is 0 Å². The Morgan fingerprint density at radius 3 is 1.56 bits per heavy atom. The molecular formula is C38H28N4O. The van der Waals surface area contributed by atoms with E-state index >= 15 is 0 Å². The molecule has 0 unspecified atom stereocenters. The van der Waals surface area contributed by atoms with Crippen LogP contribution < -0.4 is 4.90 Å². The minimum Gasteiger partial charge on any atom is -0.450 e. The Hall–Kier alpha value is -5.55. The lowest BCUT2D eigenvalue weighted by atomic mass is 9.73. The van der Waals surface area contributed by atoms with Crippen LogP contribution >= 0.6 is 0 Å². The Morgan fingerprint density at radius 1 is 0.512 bits per heavy atom. The van der Waals surface area contributed by atoms with E-state index in [0.29, 0.717) is 23.2 Å². The summed E-state index contributed by atoms with van der Waals surface area (Å²) in [6, 6.07) is 45.5. The summed E-state index contributed by atoms with van der Waals surface area (Å²) in [4.78, 5) is 17.3. The van der Waals surface area contributed by atoms with Crippen LogP contribution in [0.4, 0.5) is 17.1 Å². The number of para-hydroxylation sites is 3. The smallest absolute Gasteiger partial charge is 0.202 e. The monoisotopic (exact) mass is 556 g/mol. The van der Waals surface area contributed by atoms with Crippen molar-refractivity contribution in [3.63, 3.8) is 0 Å². The maximum atomic E-state index is 6.71. The van der Waals surface area contributed by atoms with Crippen molar-refractivity contribution in [1.29, 1.82) is 0 Å². The topological polar surface area (TPSA) is 55.1 Å². The lowest BCUT2D eigenvalue weighted by molar-refractivity contribution is 0.620. The van der Waals surface area contributed by atoms with Gasteiger partial charge in [0.25, 0.3) is 0 Å². The van der Waals surface area contributed by atoms with Gasteiger partial charge in [0.2, 0.25) is 5.82 Å². The SMILES string of the molecule is CC1(C)c2ccccc2N(c2c(-c3nc(-c4ccccc4)nc(-c4ccccc4)n3)oc3ccccc23)c2ccccc21. The van der Waals surface area contributed by atoms with Gasteiger partial charge in [-0.05, 0) is 35.4 Å². The maximum Gasteiger partial charge on any atom is 0.202 e. The van der Waals surface area contributed by atoms with Crippen LogP contribution in [0.15, 0.2) is 138 Å². The number of anilines is 3. The van der Waals surface area contributed by atoms with E-state index in [0.717, 1.165) is 39.2 Å². The van der Waals surface area contributed by atoms with Crippen molar-refractivity contribution in [3.05, 3.63) is 145 Å². The van der Waals surface area contributed by atoms with E-state index in [-0.39, 0.29) is 5.41 Å². The average molecular weight is 557 g/mol. The molecule has 7 aromatic rings. The van der Waals surface area contributed by atoms with E-state index in [4.69, 9.17) is 19.4 Å². The minimum atomic E-state index is -0.183. The maximum absolute atomic E-state index is 6.71. The number of nitrogens with zero attached hydrogens (tertiary/aromatic N) is 4. The highest BCUT2D eigenvalue weighted by Crippen LogP contribution is 2.55. The second-order valence-corrected chi connectivity index (χ2v) is 11.3. The molecule has 0 saturated carbocycles. The fraction of sp³-hybridized carbons (Fsp3) is 0.0789. The van der Waals surface area contributed by atoms with Crippen molar-refractivity contribution in [2.45, 2.75) is 19.3 Å². The van der Waals surface area contributed by atoms with Gasteiger partial charge >= 0.3 is 0 Å². The molecule has 1 aliphatic heterocycles. The molecule has 0 saturated heterocycles. The van der Waals surface area contributed by atoms with Crippen molar-refractivity contribution in [2.75, 3.05) is 4.90 Å². The van der Waals surface area contributed by atoms with Crippen molar-refractivity contribution in [2.24, 2.45) is 0 Å². The Balaban J connectivity index is 1.45.